The van der Waals surface area contributed by atoms with Crippen molar-refractivity contribution in [2.75, 3.05) is 30.3 Å². The van der Waals surface area contributed by atoms with Gasteiger partial charge in [-0.1, -0.05) is 43.2 Å². The Kier molecular flexibility index (Phi) is 12.3. The van der Waals surface area contributed by atoms with E-state index in [-0.39, 0.29) is 17.3 Å². The number of aryl methyl sites for hydroxylation is 1. The van der Waals surface area contributed by atoms with Gasteiger partial charge in [0.25, 0.3) is 10.0 Å². The number of carbonyl (C=O) groups excluding carboxylic acids is 2. The molecule has 0 fully saturated rings. The van der Waals surface area contributed by atoms with Crippen LogP contribution in [0.3, 0.4) is 0 Å². The first kappa shape index (κ1) is 33.0. The van der Waals surface area contributed by atoms with Gasteiger partial charge in [0.1, 0.15) is 18.3 Å². The van der Waals surface area contributed by atoms with Crippen molar-refractivity contribution in [3.05, 3.63) is 83.9 Å². The number of thioether (sulfide) groups is 1. The molecule has 0 aliphatic heterocycles. The number of nitrogens with zero attached hydrogens (tertiary/aromatic N) is 2. The van der Waals surface area contributed by atoms with Crippen molar-refractivity contribution in [2.45, 2.75) is 62.9 Å². The Bertz CT molecular complexity index is 1430. The molecule has 42 heavy (non-hydrogen) atoms. The molecule has 3 aromatic carbocycles. The average molecular weight is 612 g/mol. The zero-order valence-electron chi connectivity index (χ0n) is 25.0. The summed E-state index contributed by atoms with van der Waals surface area (Å²) in [5.41, 5.74) is 2.18. The average Bonchev–Trinajstić information content (AvgIpc) is 2.99. The third-order valence-electron chi connectivity index (χ3n) is 6.79. The van der Waals surface area contributed by atoms with Crippen LogP contribution in [-0.4, -0.2) is 57.1 Å². The number of amides is 2. The molecule has 1 atom stereocenters. The molecular weight excluding hydrogens is 571 g/mol. The second kappa shape index (κ2) is 15.7. The van der Waals surface area contributed by atoms with Gasteiger partial charge in [-0.05, 0) is 87.5 Å². The number of ether oxygens (including phenoxy) is 1. The molecular formula is C32H41N3O5S2. The first-order chi connectivity index (χ1) is 20.1. The lowest BCUT2D eigenvalue weighted by Crippen LogP contribution is -2.51. The van der Waals surface area contributed by atoms with Gasteiger partial charge < -0.3 is 15.0 Å². The van der Waals surface area contributed by atoms with Crippen LogP contribution in [0.5, 0.6) is 5.75 Å². The third kappa shape index (κ3) is 8.75. The van der Waals surface area contributed by atoms with E-state index in [0.717, 1.165) is 33.2 Å². The molecule has 0 saturated carbocycles. The first-order valence-electron chi connectivity index (χ1n) is 14.1. The highest BCUT2D eigenvalue weighted by Crippen LogP contribution is 2.28. The maximum Gasteiger partial charge on any atom is 0.264 e. The van der Waals surface area contributed by atoms with Gasteiger partial charge in [-0.15, -0.1) is 11.8 Å². The molecule has 3 rings (SSSR count). The lowest BCUT2D eigenvalue weighted by Gasteiger charge is -2.32. The normalized spacial score (nSPS) is 11.9. The molecule has 0 spiro atoms. The maximum absolute atomic E-state index is 14.1. The highest BCUT2D eigenvalue weighted by molar-refractivity contribution is 7.98. The zero-order chi connectivity index (χ0) is 30.7. The fourth-order valence-corrected chi connectivity index (χ4v) is 6.23. The smallest absolute Gasteiger partial charge is 0.264 e. The number of unbranched alkanes of at least 4 members (excludes halogenated alkanes) is 1. The molecule has 0 aliphatic carbocycles. The molecule has 0 bridgehead atoms. The van der Waals surface area contributed by atoms with Gasteiger partial charge in [-0.2, -0.15) is 0 Å². The summed E-state index contributed by atoms with van der Waals surface area (Å²) in [6.45, 7) is 8.17. The number of nitrogens with one attached hydrogen (secondary N) is 1. The van der Waals surface area contributed by atoms with Crippen LogP contribution in [0.15, 0.2) is 82.6 Å². The number of sulfonamides is 1. The van der Waals surface area contributed by atoms with Crippen LogP contribution in [0.2, 0.25) is 0 Å². The zero-order valence-corrected chi connectivity index (χ0v) is 26.6. The first-order valence-corrected chi connectivity index (χ1v) is 16.8. The lowest BCUT2D eigenvalue weighted by molar-refractivity contribution is -0.139. The molecule has 1 N–H and O–H groups in total. The Hall–Kier alpha value is -3.50. The van der Waals surface area contributed by atoms with Gasteiger partial charge in [0, 0.05) is 18.0 Å². The maximum atomic E-state index is 14.1. The molecule has 0 unspecified atom stereocenters. The molecule has 0 heterocycles. The topological polar surface area (TPSA) is 96.0 Å². The predicted molar refractivity (Wildman–Crippen MR) is 169 cm³/mol. The minimum absolute atomic E-state index is 0.0672. The Morgan fingerprint density at radius 2 is 1.69 bits per heavy atom. The summed E-state index contributed by atoms with van der Waals surface area (Å²) in [7, 11) is -4.14. The van der Waals surface area contributed by atoms with E-state index in [9.17, 15) is 18.0 Å². The molecule has 2 amide bonds. The molecule has 0 aromatic heterocycles. The molecule has 3 aromatic rings. The van der Waals surface area contributed by atoms with E-state index >= 15 is 0 Å². The molecule has 0 radical (unpaired) electrons. The third-order valence-corrected chi connectivity index (χ3v) is 9.33. The SMILES string of the molecule is CCCCNC(=O)[C@@H](C)N(Cc1cccc(C)c1)C(=O)CN(c1ccc(OCC)cc1)S(=O)(=O)c1ccc(SC)cc1. The number of anilines is 1. The van der Waals surface area contributed by atoms with Crippen LogP contribution in [0.4, 0.5) is 5.69 Å². The number of rotatable bonds is 15. The van der Waals surface area contributed by atoms with Crippen molar-refractivity contribution >= 4 is 39.3 Å². The van der Waals surface area contributed by atoms with Gasteiger partial charge >= 0.3 is 0 Å². The van der Waals surface area contributed by atoms with Crippen molar-refractivity contribution < 1.29 is 22.7 Å². The van der Waals surface area contributed by atoms with E-state index in [1.165, 1.54) is 16.7 Å². The fraction of sp³-hybridized carbons (Fsp3) is 0.375. The van der Waals surface area contributed by atoms with Crippen LogP contribution < -0.4 is 14.4 Å². The largest absolute Gasteiger partial charge is 0.494 e. The summed E-state index contributed by atoms with van der Waals surface area (Å²) in [5.74, 6) is -0.187. The van der Waals surface area contributed by atoms with Crippen molar-refractivity contribution in [2.24, 2.45) is 0 Å². The highest BCUT2D eigenvalue weighted by atomic mass is 32.2. The van der Waals surface area contributed by atoms with Crippen LogP contribution in [-0.2, 0) is 26.2 Å². The van der Waals surface area contributed by atoms with Crippen molar-refractivity contribution in [3.63, 3.8) is 0 Å². The summed E-state index contributed by atoms with van der Waals surface area (Å²) in [6.07, 6.45) is 3.66. The van der Waals surface area contributed by atoms with Crippen molar-refractivity contribution in [3.8, 4) is 5.75 Å². The minimum Gasteiger partial charge on any atom is -0.494 e. The predicted octanol–water partition coefficient (Wildman–Crippen LogP) is 5.64. The Morgan fingerprint density at radius 3 is 2.29 bits per heavy atom. The highest BCUT2D eigenvalue weighted by Gasteiger charge is 2.32. The number of carbonyl (C=O) groups is 2. The van der Waals surface area contributed by atoms with Crippen LogP contribution in [0, 0.1) is 6.92 Å². The Labute approximate surface area is 254 Å². The summed E-state index contributed by atoms with van der Waals surface area (Å²) < 4.78 is 34.7. The van der Waals surface area contributed by atoms with E-state index in [1.807, 2.05) is 51.3 Å². The van der Waals surface area contributed by atoms with Gasteiger partial charge in [-0.3, -0.25) is 13.9 Å². The lowest BCUT2D eigenvalue weighted by atomic mass is 10.1. The van der Waals surface area contributed by atoms with Crippen molar-refractivity contribution in [1.29, 1.82) is 0 Å². The Balaban J connectivity index is 2.01. The molecule has 10 heteroatoms. The molecule has 0 aliphatic rings. The van der Waals surface area contributed by atoms with Crippen LogP contribution >= 0.6 is 11.8 Å². The van der Waals surface area contributed by atoms with Crippen LogP contribution in [0.1, 0.15) is 44.7 Å². The second-order valence-electron chi connectivity index (χ2n) is 9.95. The molecule has 226 valence electrons. The number of benzene rings is 3. The fourth-order valence-electron chi connectivity index (χ4n) is 4.40. The standard InChI is InChI=1S/C32H41N3O5S2/c1-6-8-20-33-32(37)25(4)34(22-26-11-9-10-24(3)21-26)31(36)23-35(27-12-14-28(15-13-27)40-7-2)42(38,39)30-18-16-29(41-5)17-19-30/h9-19,21,25H,6-8,20,22-23H2,1-5H3,(H,33,37)/t25-/m1/s1. The van der Waals surface area contributed by atoms with Crippen molar-refractivity contribution in [1.82, 2.24) is 10.2 Å². The van der Waals surface area contributed by atoms with E-state index < -0.39 is 28.5 Å². The summed E-state index contributed by atoms with van der Waals surface area (Å²) in [6, 6.07) is 20.0. The summed E-state index contributed by atoms with van der Waals surface area (Å²) in [4.78, 5) is 29.6. The van der Waals surface area contributed by atoms with Gasteiger partial charge in [0.2, 0.25) is 11.8 Å². The van der Waals surface area contributed by atoms with E-state index in [2.05, 4.69) is 5.32 Å². The summed E-state index contributed by atoms with van der Waals surface area (Å²) in [5, 5.41) is 2.91. The molecule has 8 nitrogen and oxygen atoms in total. The summed E-state index contributed by atoms with van der Waals surface area (Å²) >= 11 is 1.51. The second-order valence-corrected chi connectivity index (χ2v) is 12.7. The number of hydrogen-bond donors (Lipinski definition) is 1. The van der Waals surface area contributed by atoms with Gasteiger partial charge in [0.05, 0.1) is 17.2 Å². The van der Waals surface area contributed by atoms with Crippen LogP contribution in [0.25, 0.3) is 0 Å². The number of hydrogen-bond acceptors (Lipinski definition) is 6. The minimum atomic E-state index is -4.14. The Morgan fingerprint density at radius 1 is 1.00 bits per heavy atom. The van der Waals surface area contributed by atoms with Gasteiger partial charge in [0.15, 0.2) is 0 Å². The van der Waals surface area contributed by atoms with E-state index in [4.69, 9.17) is 4.74 Å². The van der Waals surface area contributed by atoms with Gasteiger partial charge in [-0.25, -0.2) is 8.42 Å². The van der Waals surface area contributed by atoms with E-state index in [0.29, 0.717) is 24.6 Å². The quantitative estimate of drug-likeness (QED) is 0.176. The molecule has 0 saturated heterocycles. The monoisotopic (exact) mass is 611 g/mol. The van der Waals surface area contributed by atoms with E-state index in [1.54, 1.807) is 55.5 Å².